The van der Waals surface area contributed by atoms with Crippen LogP contribution in [0.2, 0.25) is 0 Å². The second-order valence-corrected chi connectivity index (χ2v) is 10.9. The van der Waals surface area contributed by atoms with Crippen molar-refractivity contribution >= 4 is 39.6 Å². The Morgan fingerprint density at radius 3 is 2.35 bits per heavy atom. The highest BCUT2D eigenvalue weighted by molar-refractivity contribution is 8.00. The van der Waals surface area contributed by atoms with Crippen LogP contribution in [0.3, 0.4) is 0 Å². The van der Waals surface area contributed by atoms with E-state index in [-0.39, 0.29) is 16.7 Å². The van der Waals surface area contributed by atoms with Gasteiger partial charge in [-0.25, -0.2) is 13.8 Å². The standard InChI is InChI=1S/C26H27N3O6S2/c1-33-24-13-10-20(14-25(24)34-2)29(37(31,32)23-6-4-3-5-7-23)16-26(30)28-27-15-19-8-11-21(12-9-19)35-22-17-36-18-22/h3-15,22H,16-18H2,1-2H3,(H,28,30)/b27-15+. The van der Waals surface area contributed by atoms with Crippen molar-refractivity contribution in [2.75, 3.05) is 36.6 Å². The average molecular weight is 542 g/mol. The van der Waals surface area contributed by atoms with Gasteiger partial charge in [-0.2, -0.15) is 16.9 Å². The van der Waals surface area contributed by atoms with Gasteiger partial charge in [-0.3, -0.25) is 9.10 Å². The molecule has 1 heterocycles. The minimum atomic E-state index is -4.07. The van der Waals surface area contributed by atoms with Crippen LogP contribution in [-0.2, 0) is 14.8 Å². The number of hydrazone groups is 1. The number of nitrogens with zero attached hydrogens (tertiary/aromatic N) is 2. The van der Waals surface area contributed by atoms with Crippen molar-refractivity contribution in [3.63, 3.8) is 0 Å². The van der Waals surface area contributed by atoms with Gasteiger partial charge in [0.15, 0.2) is 11.5 Å². The predicted molar refractivity (Wildman–Crippen MR) is 144 cm³/mol. The Hall–Kier alpha value is -3.70. The summed E-state index contributed by atoms with van der Waals surface area (Å²) in [5.41, 5.74) is 3.40. The summed E-state index contributed by atoms with van der Waals surface area (Å²) in [6, 6.07) is 19.9. The van der Waals surface area contributed by atoms with E-state index in [4.69, 9.17) is 14.2 Å². The molecule has 0 saturated carbocycles. The predicted octanol–water partition coefficient (Wildman–Crippen LogP) is 3.54. The fourth-order valence-corrected chi connectivity index (χ4v) is 5.46. The molecule has 3 aromatic carbocycles. The first-order valence-electron chi connectivity index (χ1n) is 11.4. The molecule has 1 saturated heterocycles. The second-order valence-electron chi connectivity index (χ2n) is 8.00. The van der Waals surface area contributed by atoms with Gasteiger partial charge < -0.3 is 14.2 Å². The summed E-state index contributed by atoms with van der Waals surface area (Å²) in [6.07, 6.45) is 1.73. The molecule has 1 aliphatic rings. The van der Waals surface area contributed by atoms with Crippen molar-refractivity contribution in [3.05, 3.63) is 78.4 Å². The van der Waals surface area contributed by atoms with E-state index in [0.717, 1.165) is 27.1 Å². The number of ether oxygens (including phenoxy) is 3. The zero-order chi connectivity index (χ0) is 26.3. The topological polar surface area (TPSA) is 107 Å². The van der Waals surface area contributed by atoms with E-state index in [2.05, 4.69) is 10.5 Å². The highest BCUT2D eigenvalue weighted by Gasteiger charge is 2.28. The van der Waals surface area contributed by atoms with Crippen LogP contribution >= 0.6 is 11.8 Å². The summed E-state index contributed by atoms with van der Waals surface area (Å²) in [4.78, 5) is 12.8. The number of carbonyl (C=O) groups is 1. The molecule has 194 valence electrons. The highest BCUT2D eigenvalue weighted by atomic mass is 32.2. The number of benzene rings is 3. The Labute approximate surface area is 220 Å². The number of anilines is 1. The fraction of sp³-hybridized carbons (Fsp3) is 0.231. The van der Waals surface area contributed by atoms with Gasteiger partial charge in [-0.05, 0) is 54.1 Å². The van der Waals surface area contributed by atoms with Crippen LogP contribution in [0.4, 0.5) is 5.69 Å². The van der Waals surface area contributed by atoms with E-state index in [0.29, 0.717) is 11.5 Å². The zero-order valence-corrected chi connectivity index (χ0v) is 22.0. The number of sulfonamides is 1. The van der Waals surface area contributed by atoms with Gasteiger partial charge in [0, 0.05) is 17.6 Å². The first-order chi connectivity index (χ1) is 17.9. The van der Waals surface area contributed by atoms with Crippen molar-refractivity contribution in [2.24, 2.45) is 5.10 Å². The van der Waals surface area contributed by atoms with Gasteiger partial charge in [0.05, 0.1) is 31.0 Å². The van der Waals surface area contributed by atoms with Gasteiger partial charge in [0.2, 0.25) is 0 Å². The van der Waals surface area contributed by atoms with Gasteiger partial charge in [0.25, 0.3) is 15.9 Å². The zero-order valence-electron chi connectivity index (χ0n) is 20.4. The third-order valence-corrected chi connectivity index (χ3v) is 8.47. The average Bonchev–Trinajstić information content (AvgIpc) is 2.90. The Balaban J connectivity index is 1.49. The van der Waals surface area contributed by atoms with E-state index in [1.165, 1.54) is 38.6 Å². The number of rotatable bonds is 11. The third-order valence-electron chi connectivity index (χ3n) is 5.47. The Morgan fingerprint density at radius 2 is 1.73 bits per heavy atom. The van der Waals surface area contributed by atoms with E-state index in [9.17, 15) is 13.2 Å². The number of carbonyl (C=O) groups excluding carboxylic acids is 1. The van der Waals surface area contributed by atoms with Gasteiger partial charge in [-0.15, -0.1) is 0 Å². The Kier molecular flexibility index (Phi) is 8.57. The highest BCUT2D eigenvalue weighted by Crippen LogP contribution is 2.33. The second kappa shape index (κ2) is 12.0. The summed E-state index contributed by atoms with van der Waals surface area (Å²) < 4.78 is 44.3. The lowest BCUT2D eigenvalue weighted by molar-refractivity contribution is -0.119. The van der Waals surface area contributed by atoms with Crippen molar-refractivity contribution in [1.29, 1.82) is 0 Å². The normalized spacial score (nSPS) is 13.6. The molecule has 0 atom stereocenters. The first-order valence-corrected chi connectivity index (χ1v) is 14.0. The minimum Gasteiger partial charge on any atom is -0.493 e. The maximum Gasteiger partial charge on any atom is 0.264 e. The van der Waals surface area contributed by atoms with E-state index in [1.54, 1.807) is 30.3 Å². The molecule has 0 aromatic heterocycles. The Bertz CT molecular complexity index is 1340. The number of hydrogen-bond acceptors (Lipinski definition) is 8. The number of nitrogens with one attached hydrogen (secondary N) is 1. The van der Waals surface area contributed by atoms with Crippen LogP contribution in [0, 0.1) is 0 Å². The van der Waals surface area contributed by atoms with Crippen LogP contribution in [0.5, 0.6) is 17.2 Å². The van der Waals surface area contributed by atoms with Gasteiger partial charge in [-0.1, -0.05) is 18.2 Å². The quantitative estimate of drug-likeness (QED) is 0.292. The van der Waals surface area contributed by atoms with Gasteiger partial charge in [0.1, 0.15) is 18.4 Å². The maximum absolute atomic E-state index is 13.5. The molecule has 11 heteroatoms. The molecule has 1 N–H and O–H groups in total. The molecule has 0 spiro atoms. The maximum atomic E-state index is 13.5. The molecule has 9 nitrogen and oxygen atoms in total. The number of amides is 1. The number of hydrogen-bond donors (Lipinski definition) is 1. The van der Waals surface area contributed by atoms with Crippen molar-refractivity contribution in [1.82, 2.24) is 5.43 Å². The molecule has 4 rings (SSSR count). The summed E-state index contributed by atoms with van der Waals surface area (Å²) in [6.45, 7) is -0.504. The molecule has 0 bridgehead atoms. The van der Waals surface area contributed by atoms with E-state index in [1.807, 2.05) is 36.0 Å². The molecule has 0 aliphatic carbocycles. The summed E-state index contributed by atoms with van der Waals surface area (Å²) in [7, 11) is -1.14. The monoisotopic (exact) mass is 541 g/mol. The molecular formula is C26H27N3O6S2. The van der Waals surface area contributed by atoms with Crippen LogP contribution in [-0.4, -0.2) is 58.9 Å². The smallest absolute Gasteiger partial charge is 0.264 e. The largest absolute Gasteiger partial charge is 0.493 e. The number of thioether (sulfide) groups is 1. The lowest BCUT2D eigenvalue weighted by atomic mass is 10.2. The van der Waals surface area contributed by atoms with E-state index < -0.39 is 22.5 Å². The first kappa shape index (κ1) is 26.4. The molecule has 1 amide bonds. The fourth-order valence-electron chi connectivity index (χ4n) is 3.47. The summed E-state index contributed by atoms with van der Waals surface area (Å²) in [5, 5.41) is 3.99. The van der Waals surface area contributed by atoms with Crippen molar-refractivity contribution in [2.45, 2.75) is 11.0 Å². The van der Waals surface area contributed by atoms with Crippen molar-refractivity contribution in [3.8, 4) is 17.2 Å². The molecule has 0 unspecified atom stereocenters. The lowest BCUT2D eigenvalue weighted by Crippen LogP contribution is -2.39. The number of methoxy groups -OCH3 is 2. The van der Waals surface area contributed by atoms with E-state index >= 15 is 0 Å². The molecule has 1 aliphatic heterocycles. The summed E-state index contributed by atoms with van der Waals surface area (Å²) in [5.74, 6) is 2.91. The molecular weight excluding hydrogens is 514 g/mol. The van der Waals surface area contributed by atoms with Crippen LogP contribution < -0.4 is 23.9 Å². The molecule has 3 aromatic rings. The Morgan fingerprint density at radius 1 is 1.03 bits per heavy atom. The third kappa shape index (κ3) is 6.55. The SMILES string of the molecule is COc1ccc(N(CC(=O)N/N=C/c2ccc(OC3CSC3)cc2)S(=O)(=O)c2ccccc2)cc1OC. The van der Waals surface area contributed by atoms with Gasteiger partial charge >= 0.3 is 0 Å². The summed E-state index contributed by atoms with van der Waals surface area (Å²) >= 11 is 1.85. The van der Waals surface area contributed by atoms with Crippen molar-refractivity contribution < 1.29 is 27.4 Å². The molecule has 1 fully saturated rings. The van der Waals surface area contributed by atoms with Crippen LogP contribution in [0.1, 0.15) is 5.56 Å². The van der Waals surface area contributed by atoms with Crippen LogP contribution in [0.15, 0.2) is 82.8 Å². The molecule has 0 radical (unpaired) electrons. The lowest BCUT2D eigenvalue weighted by Gasteiger charge is -2.25. The van der Waals surface area contributed by atoms with Crippen LogP contribution in [0.25, 0.3) is 0 Å². The minimum absolute atomic E-state index is 0.0453. The molecule has 37 heavy (non-hydrogen) atoms.